The second kappa shape index (κ2) is 5.34. The van der Waals surface area contributed by atoms with E-state index in [1.807, 2.05) is 0 Å². The Hall–Kier alpha value is -1.13. The second-order valence-electron chi connectivity index (χ2n) is 5.72. The van der Waals surface area contributed by atoms with Gasteiger partial charge in [0.1, 0.15) is 5.69 Å². The molecule has 1 aromatic heterocycles. The van der Waals surface area contributed by atoms with Crippen molar-refractivity contribution in [3.05, 3.63) is 39.0 Å². The van der Waals surface area contributed by atoms with Crippen LogP contribution in [0.3, 0.4) is 0 Å². The molecule has 0 amide bonds. The van der Waals surface area contributed by atoms with Gasteiger partial charge in [0, 0.05) is 5.56 Å². The number of aromatic nitrogens is 2. The molecular formula is C16H20BrN3. The summed E-state index contributed by atoms with van der Waals surface area (Å²) in [6.45, 7) is 7.54. The summed E-state index contributed by atoms with van der Waals surface area (Å²) in [6.07, 6.45) is 2.40. The van der Waals surface area contributed by atoms with Crippen LogP contribution >= 0.6 is 15.9 Å². The largest absolute Gasteiger partial charge is 0.309 e. The van der Waals surface area contributed by atoms with Crippen LogP contribution in [0.2, 0.25) is 0 Å². The van der Waals surface area contributed by atoms with Crippen LogP contribution in [-0.4, -0.2) is 16.7 Å². The molecule has 0 bridgehead atoms. The van der Waals surface area contributed by atoms with Crippen molar-refractivity contribution in [2.45, 2.75) is 39.7 Å². The SMILES string of the molecule is Cc1cc(C)c(-c2n[nH]c(C3CCCN3)c2Br)c(C)c1. The highest BCUT2D eigenvalue weighted by atomic mass is 79.9. The lowest BCUT2D eigenvalue weighted by Gasteiger charge is -2.11. The van der Waals surface area contributed by atoms with Gasteiger partial charge in [0.25, 0.3) is 0 Å². The Kier molecular flexibility index (Phi) is 3.69. The minimum absolute atomic E-state index is 0.400. The van der Waals surface area contributed by atoms with Crippen LogP contribution in [0.25, 0.3) is 11.3 Å². The molecule has 1 aromatic carbocycles. The summed E-state index contributed by atoms with van der Waals surface area (Å²) in [5.74, 6) is 0. The monoisotopic (exact) mass is 333 g/mol. The summed E-state index contributed by atoms with van der Waals surface area (Å²) in [6, 6.07) is 4.84. The highest BCUT2D eigenvalue weighted by molar-refractivity contribution is 9.10. The fourth-order valence-corrected chi connectivity index (χ4v) is 3.87. The van der Waals surface area contributed by atoms with Crippen LogP contribution in [0.15, 0.2) is 16.6 Å². The fourth-order valence-electron chi connectivity index (χ4n) is 3.22. The first-order valence-electron chi connectivity index (χ1n) is 7.13. The highest BCUT2D eigenvalue weighted by Crippen LogP contribution is 2.37. The third-order valence-electron chi connectivity index (χ3n) is 4.06. The minimum Gasteiger partial charge on any atom is -0.309 e. The predicted octanol–water partition coefficient (Wildman–Crippen LogP) is 4.19. The minimum atomic E-state index is 0.400. The molecule has 1 saturated heterocycles. The van der Waals surface area contributed by atoms with Crippen molar-refractivity contribution in [3.63, 3.8) is 0 Å². The van der Waals surface area contributed by atoms with Gasteiger partial charge in [-0.15, -0.1) is 0 Å². The molecule has 2 aromatic rings. The molecule has 2 N–H and O–H groups in total. The van der Waals surface area contributed by atoms with Crippen molar-refractivity contribution in [1.29, 1.82) is 0 Å². The van der Waals surface area contributed by atoms with E-state index in [4.69, 9.17) is 0 Å². The summed E-state index contributed by atoms with van der Waals surface area (Å²) in [5.41, 5.74) is 7.30. The number of aryl methyl sites for hydroxylation is 3. The van der Waals surface area contributed by atoms with Crippen LogP contribution < -0.4 is 5.32 Å². The van der Waals surface area contributed by atoms with Crippen molar-refractivity contribution in [2.24, 2.45) is 0 Å². The van der Waals surface area contributed by atoms with Crippen molar-refractivity contribution in [3.8, 4) is 11.3 Å². The zero-order chi connectivity index (χ0) is 14.3. The predicted molar refractivity (Wildman–Crippen MR) is 85.9 cm³/mol. The van der Waals surface area contributed by atoms with Crippen LogP contribution in [0.1, 0.15) is 41.3 Å². The number of nitrogens with zero attached hydrogens (tertiary/aromatic N) is 1. The summed E-state index contributed by atoms with van der Waals surface area (Å²) < 4.78 is 1.10. The molecule has 3 nitrogen and oxygen atoms in total. The van der Waals surface area contributed by atoms with Crippen molar-refractivity contribution in [2.75, 3.05) is 6.54 Å². The van der Waals surface area contributed by atoms with Crippen molar-refractivity contribution in [1.82, 2.24) is 15.5 Å². The normalized spacial score (nSPS) is 18.7. The van der Waals surface area contributed by atoms with Gasteiger partial charge >= 0.3 is 0 Å². The van der Waals surface area contributed by atoms with E-state index in [1.165, 1.54) is 40.8 Å². The first-order chi connectivity index (χ1) is 9.58. The topological polar surface area (TPSA) is 40.7 Å². The van der Waals surface area contributed by atoms with E-state index in [2.05, 4.69) is 64.3 Å². The molecule has 1 unspecified atom stereocenters. The summed E-state index contributed by atoms with van der Waals surface area (Å²) in [4.78, 5) is 0. The Labute approximate surface area is 128 Å². The van der Waals surface area contributed by atoms with Gasteiger partial charge in [0.05, 0.1) is 16.2 Å². The number of nitrogens with one attached hydrogen (secondary N) is 2. The van der Waals surface area contributed by atoms with Crippen molar-refractivity contribution >= 4 is 15.9 Å². The van der Waals surface area contributed by atoms with E-state index >= 15 is 0 Å². The van der Waals surface area contributed by atoms with Gasteiger partial charge in [0.15, 0.2) is 0 Å². The number of hydrogen-bond donors (Lipinski definition) is 2. The summed E-state index contributed by atoms with van der Waals surface area (Å²) in [5, 5.41) is 11.3. The number of hydrogen-bond acceptors (Lipinski definition) is 2. The van der Waals surface area contributed by atoms with Crippen molar-refractivity contribution < 1.29 is 0 Å². The smallest absolute Gasteiger partial charge is 0.107 e. The maximum Gasteiger partial charge on any atom is 0.107 e. The maximum atomic E-state index is 4.57. The zero-order valence-corrected chi connectivity index (χ0v) is 13.8. The lowest BCUT2D eigenvalue weighted by molar-refractivity contribution is 0.623. The van der Waals surface area contributed by atoms with Gasteiger partial charge in [-0.2, -0.15) is 5.10 Å². The maximum absolute atomic E-state index is 4.57. The fraction of sp³-hybridized carbons (Fsp3) is 0.438. The molecule has 2 heterocycles. The molecule has 0 radical (unpaired) electrons. The van der Waals surface area contributed by atoms with E-state index in [-0.39, 0.29) is 0 Å². The molecule has 3 rings (SSSR count). The molecule has 106 valence electrons. The van der Waals surface area contributed by atoms with Gasteiger partial charge < -0.3 is 5.32 Å². The lowest BCUT2D eigenvalue weighted by atomic mass is 9.97. The Bertz CT molecular complexity index is 616. The van der Waals surface area contributed by atoms with Gasteiger partial charge in [0.2, 0.25) is 0 Å². The molecular weight excluding hydrogens is 314 g/mol. The molecule has 1 atom stereocenters. The van der Waals surface area contributed by atoms with Gasteiger partial charge in [-0.1, -0.05) is 17.7 Å². The van der Waals surface area contributed by atoms with E-state index in [9.17, 15) is 0 Å². The number of rotatable bonds is 2. The van der Waals surface area contributed by atoms with E-state index in [0.717, 1.165) is 16.7 Å². The van der Waals surface area contributed by atoms with Gasteiger partial charge in [-0.05, 0) is 67.2 Å². The Balaban J connectivity index is 2.07. The van der Waals surface area contributed by atoms with E-state index in [1.54, 1.807) is 0 Å². The quantitative estimate of drug-likeness (QED) is 0.865. The zero-order valence-electron chi connectivity index (χ0n) is 12.2. The van der Waals surface area contributed by atoms with Gasteiger partial charge in [-0.3, -0.25) is 5.10 Å². The molecule has 4 heteroatoms. The third-order valence-corrected chi connectivity index (χ3v) is 4.86. The third kappa shape index (κ3) is 2.31. The van der Waals surface area contributed by atoms with E-state index < -0.39 is 0 Å². The number of H-pyrrole nitrogens is 1. The lowest BCUT2D eigenvalue weighted by Crippen LogP contribution is -2.13. The molecule has 0 spiro atoms. The van der Waals surface area contributed by atoms with E-state index in [0.29, 0.717) is 6.04 Å². The molecule has 1 aliphatic heterocycles. The van der Waals surface area contributed by atoms with Crippen LogP contribution in [0, 0.1) is 20.8 Å². The van der Waals surface area contributed by atoms with Crippen LogP contribution in [0.5, 0.6) is 0 Å². The average molecular weight is 334 g/mol. The number of aromatic amines is 1. The Morgan fingerprint density at radius 2 is 1.90 bits per heavy atom. The average Bonchev–Trinajstić information content (AvgIpc) is 2.99. The second-order valence-corrected chi connectivity index (χ2v) is 6.52. The molecule has 1 fully saturated rings. The Morgan fingerprint density at radius 1 is 1.20 bits per heavy atom. The first-order valence-corrected chi connectivity index (χ1v) is 7.92. The standard InChI is InChI=1S/C16H20BrN3/c1-9-7-10(2)13(11(3)8-9)16-14(17)15(19-20-16)12-5-4-6-18-12/h7-8,12,18H,4-6H2,1-3H3,(H,19,20). The molecule has 0 saturated carbocycles. The Morgan fingerprint density at radius 3 is 2.50 bits per heavy atom. The highest BCUT2D eigenvalue weighted by Gasteiger charge is 2.24. The molecule has 20 heavy (non-hydrogen) atoms. The van der Waals surface area contributed by atoms with Crippen LogP contribution in [-0.2, 0) is 0 Å². The number of halogens is 1. The summed E-state index contributed by atoms with van der Waals surface area (Å²) >= 11 is 3.75. The molecule has 1 aliphatic rings. The summed E-state index contributed by atoms with van der Waals surface area (Å²) in [7, 11) is 0. The first kappa shape index (κ1) is 13.8. The number of benzene rings is 1. The van der Waals surface area contributed by atoms with Crippen LogP contribution in [0.4, 0.5) is 0 Å². The molecule has 0 aliphatic carbocycles. The van der Waals surface area contributed by atoms with Gasteiger partial charge in [-0.25, -0.2) is 0 Å².